The lowest BCUT2D eigenvalue weighted by Crippen LogP contribution is -2.14. The maximum atomic E-state index is 12.8. The van der Waals surface area contributed by atoms with Crippen molar-refractivity contribution in [3.8, 4) is 5.75 Å². The van der Waals surface area contributed by atoms with E-state index < -0.39 is 17.9 Å². The molecular weight excluding hydrogens is 472 g/mol. The van der Waals surface area contributed by atoms with Crippen molar-refractivity contribution in [3.05, 3.63) is 131 Å². The minimum atomic E-state index is -0.664. The van der Waals surface area contributed by atoms with Crippen LogP contribution in [0.5, 0.6) is 5.75 Å². The van der Waals surface area contributed by atoms with E-state index in [0.29, 0.717) is 27.9 Å². The van der Waals surface area contributed by atoms with Gasteiger partial charge < -0.3 is 14.3 Å². The van der Waals surface area contributed by atoms with Gasteiger partial charge in [0, 0.05) is 17.3 Å². The minimum Gasteiger partial charge on any atom is -0.457 e. The number of aryl methyl sites for hydroxylation is 1. The third-order valence-electron chi connectivity index (χ3n) is 5.23. The second kappa shape index (κ2) is 12.0. The van der Waals surface area contributed by atoms with E-state index in [9.17, 15) is 14.4 Å². The van der Waals surface area contributed by atoms with Crippen LogP contribution in [0.3, 0.4) is 0 Å². The molecule has 8 heteroatoms. The van der Waals surface area contributed by atoms with Gasteiger partial charge in [-0.1, -0.05) is 59.8 Å². The molecule has 1 aromatic heterocycles. The molecule has 37 heavy (non-hydrogen) atoms. The molecule has 0 saturated carbocycles. The minimum absolute atomic E-state index is 0.0987. The summed E-state index contributed by atoms with van der Waals surface area (Å²) in [6.07, 6.45) is 2.71. The summed E-state index contributed by atoms with van der Waals surface area (Å²) in [5, 5.41) is 3.81. The molecule has 0 amide bonds. The molecule has 0 saturated heterocycles. The Morgan fingerprint density at radius 1 is 0.757 bits per heavy atom. The molecule has 0 aliphatic carbocycles. The fourth-order valence-electron chi connectivity index (χ4n) is 3.31. The first-order valence-corrected chi connectivity index (χ1v) is 11.3. The Bertz CT molecular complexity index is 1420. The van der Waals surface area contributed by atoms with Crippen LogP contribution >= 0.6 is 0 Å². The monoisotopic (exact) mass is 494 g/mol. The van der Waals surface area contributed by atoms with Crippen molar-refractivity contribution in [1.29, 1.82) is 0 Å². The lowest BCUT2D eigenvalue weighted by Gasteiger charge is -2.14. The molecule has 0 bridgehead atoms. The van der Waals surface area contributed by atoms with Gasteiger partial charge in [0.1, 0.15) is 6.61 Å². The van der Waals surface area contributed by atoms with Crippen LogP contribution in [0.4, 0.5) is 0 Å². The molecule has 8 nitrogen and oxygen atoms in total. The van der Waals surface area contributed by atoms with Gasteiger partial charge in [-0.2, -0.15) is 0 Å². The van der Waals surface area contributed by atoms with Crippen molar-refractivity contribution in [1.82, 2.24) is 4.98 Å². The van der Waals surface area contributed by atoms with Gasteiger partial charge in [0.05, 0.1) is 28.6 Å². The Kier molecular flexibility index (Phi) is 8.13. The number of pyridine rings is 1. The molecule has 0 aliphatic rings. The highest BCUT2D eigenvalue weighted by molar-refractivity contribution is 5.94. The quantitative estimate of drug-likeness (QED) is 0.144. The fraction of sp³-hybridized carbons (Fsp3) is 0.0690. The maximum absolute atomic E-state index is 12.8. The zero-order chi connectivity index (χ0) is 26.0. The molecule has 184 valence electrons. The number of ether oxygens (including phenoxy) is 2. The molecule has 0 unspecified atom stereocenters. The van der Waals surface area contributed by atoms with Crippen LogP contribution in [0.15, 0.2) is 102 Å². The van der Waals surface area contributed by atoms with Gasteiger partial charge in [0.15, 0.2) is 5.75 Å². The van der Waals surface area contributed by atoms with Gasteiger partial charge >= 0.3 is 17.9 Å². The normalized spacial score (nSPS) is 10.6. The lowest BCUT2D eigenvalue weighted by atomic mass is 10.1. The van der Waals surface area contributed by atoms with Crippen LogP contribution in [0.1, 0.15) is 47.9 Å². The van der Waals surface area contributed by atoms with Crippen molar-refractivity contribution < 1.29 is 28.7 Å². The number of benzene rings is 3. The molecule has 0 fully saturated rings. The number of aromatic nitrogens is 1. The fourth-order valence-corrected chi connectivity index (χ4v) is 3.31. The van der Waals surface area contributed by atoms with Crippen LogP contribution in [0, 0.1) is 6.92 Å². The second-order valence-electron chi connectivity index (χ2n) is 7.79. The maximum Gasteiger partial charge on any atom is 0.365 e. The summed E-state index contributed by atoms with van der Waals surface area (Å²) in [4.78, 5) is 46.9. The predicted molar refractivity (Wildman–Crippen MR) is 135 cm³/mol. The van der Waals surface area contributed by atoms with E-state index in [0.717, 1.165) is 0 Å². The largest absolute Gasteiger partial charge is 0.457 e. The Morgan fingerprint density at radius 2 is 1.27 bits per heavy atom. The zero-order valence-electron chi connectivity index (χ0n) is 19.9. The van der Waals surface area contributed by atoms with Crippen molar-refractivity contribution in [3.63, 3.8) is 0 Å². The van der Waals surface area contributed by atoms with E-state index in [1.807, 2.05) is 0 Å². The van der Waals surface area contributed by atoms with Crippen molar-refractivity contribution in [2.75, 3.05) is 0 Å². The molecule has 3 aromatic carbocycles. The van der Waals surface area contributed by atoms with Crippen molar-refractivity contribution in [2.24, 2.45) is 5.16 Å². The average Bonchev–Trinajstić information content (AvgIpc) is 2.95. The van der Waals surface area contributed by atoms with Gasteiger partial charge in [-0.05, 0) is 43.3 Å². The topological polar surface area (TPSA) is 104 Å². The van der Waals surface area contributed by atoms with Crippen LogP contribution in [0.2, 0.25) is 0 Å². The van der Waals surface area contributed by atoms with Gasteiger partial charge in [0.25, 0.3) is 0 Å². The predicted octanol–water partition coefficient (Wildman–Crippen LogP) is 5.16. The highest BCUT2D eigenvalue weighted by Crippen LogP contribution is 2.26. The van der Waals surface area contributed by atoms with E-state index in [-0.39, 0.29) is 17.9 Å². The van der Waals surface area contributed by atoms with Crippen LogP contribution in [-0.2, 0) is 16.2 Å². The molecule has 0 radical (unpaired) electrons. The molecule has 1 heterocycles. The van der Waals surface area contributed by atoms with Gasteiger partial charge in [0.2, 0.25) is 0 Å². The smallest absolute Gasteiger partial charge is 0.365 e. The summed E-state index contributed by atoms with van der Waals surface area (Å²) in [6.45, 7) is 1.46. The first-order chi connectivity index (χ1) is 18.0. The van der Waals surface area contributed by atoms with Crippen molar-refractivity contribution in [2.45, 2.75) is 13.5 Å². The Hall–Kier alpha value is -5.11. The zero-order valence-corrected chi connectivity index (χ0v) is 19.9. The van der Waals surface area contributed by atoms with E-state index >= 15 is 0 Å². The Morgan fingerprint density at radius 3 is 1.84 bits per heavy atom. The third-order valence-corrected chi connectivity index (χ3v) is 5.23. The first kappa shape index (κ1) is 25.0. The lowest BCUT2D eigenvalue weighted by molar-refractivity contribution is 0.0470. The standard InChI is InChI=1S/C29H22N2O6/c1-20-26(36-28(33)22-13-7-3-8-14-22)25(18-31-37-29(34)23-15-9-4-10-16-23)24(17-30-20)19-35-27(32)21-11-5-2-6-12-21/h2-18H,19H2,1H3. The Labute approximate surface area is 213 Å². The Balaban J connectivity index is 1.62. The number of esters is 2. The summed E-state index contributed by atoms with van der Waals surface area (Å²) >= 11 is 0. The molecule has 0 aliphatic heterocycles. The van der Waals surface area contributed by atoms with Gasteiger partial charge in [-0.15, -0.1) is 0 Å². The van der Waals surface area contributed by atoms with E-state index in [2.05, 4.69) is 10.1 Å². The molecule has 0 N–H and O–H groups in total. The number of hydrogen-bond acceptors (Lipinski definition) is 8. The first-order valence-electron chi connectivity index (χ1n) is 11.3. The number of nitrogens with zero attached hydrogens (tertiary/aromatic N) is 2. The number of rotatable bonds is 8. The van der Waals surface area contributed by atoms with E-state index in [1.165, 1.54) is 12.4 Å². The summed E-state index contributed by atoms with van der Waals surface area (Å²) in [5.41, 5.74) is 2.09. The summed E-state index contributed by atoms with van der Waals surface area (Å²) in [6, 6.07) is 25.3. The van der Waals surface area contributed by atoms with Gasteiger partial charge in [-0.25, -0.2) is 14.4 Å². The molecule has 4 rings (SSSR count). The summed E-state index contributed by atoms with van der Waals surface area (Å²) < 4.78 is 11.1. The number of oxime groups is 1. The molecule has 4 aromatic rings. The molecule has 0 atom stereocenters. The average molecular weight is 495 g/mol. The highest BCUT2D eigenvalue weighted by Gasteiger charge is 2.19. The van der Waals surface area contributed by atoms with Gasteiger partial charge in [-0.3, -0.25) is 4.98 Å². The second-order valence-corrected chi connectivity index (χ2v) is 7.79. The van der Waals surface area contributed by atoms with Crippen LogP contribution in [0.25, 0.3) is 0 Å². The van der Waals surface area contributed by atoms with Crippen LogP contribution in [-0.4, -0.2) is 29.1 Å². The molecule has 0 spiro atoms. The van der Waals surface area contributed by atoms with Crippen LogP contribution < -0.4 is 4.74 Å². The number of carbonyl (C=O) groups is 3. The van der Waals surface area contributed by atoms with E-state index in [4.69, 9.17) is 14.3 Å². The molecular formula is C29H22N2O6. The number of carbonyl (C=O) groups excluding carboxylic acids is 3. The number of hydrogen-bond donors (Lipinski definition) is 0. The summed E-state index contributed by atoms with van der Waals surface area (Å²) in [5.74, 6) is -1.72. The highest BCUT2D eigenvalue weighted by atomic mass is 16.7. The van der Waals surface area contributed by atoms with Crippen molar-refractivity contribution >= 4 is 24.1 Å². The summed E-state index contributed by atoms with van der Waals surface area (Å²) in [7, 11) is 0. The third kappa shape index (κ3) is 6.52. The SMILES string of the molecule is Cc1ncc(COC(=O)c2ccccc2)c(C=NOC(=O)c2ccccc2)c1OC(=O)c1ccccc1. The van der Waals surface area contributed by atoms with E-state index in [1.54, 1.807) is 97.9 Å².